The van der Waals surface area contributed by atoms with E-state index in [1.54, 1.807) is 0 Å². The van der Waals surface area contributed by atoms with Crippen LogP contribution in [0.5, 0.6) is 0 Å². The van der Waals surface area contributed by atoms with Crippen LogP contribution in [0.4, 0.5) is 0 Å². The minimum absolute atomic E-state index is 0. The summed E-state index contributed by atoms with van der Waals surface area (Å²) < 4.78 is 17.1. The van der Waals surface area contributed by atoms with Gasteiger partial charge in [-0.15, -0.1) is 0 Å². The fraction of sp³-hybridized carbons (Fsp3) is 0. The Balaban J connectivity index is -0.00000000908. The molecular formula is C3H27Mg3N9O14P2. The zero-order chi connectivity index (χ0) is 19.7. The van der Waals surface area contributed by atoms with Gasteiger partial charge < -0.3 is 106 Å². The quantitative estimate of drug-likeness (QED) is 0.0587. The molecule has 0 bridgehead atoms. The normalized spacial score (nSPS) is 6.13. The van der Waals surface area contributed by atoms with Crippen molar-refractivity contribution >= 4 is 103 Å². The van der Waals surface area contributed by atoms with Crippen molar-refractivity contribution in [3.63, 3.8) is 0 Å². The zero-order valence-electron chi connectivity index (χ0n) is 15.7. The number of guanidine groups is 3. The molecule has 0 unspecified atom stereocenters. The maximum Gasteiger partial charge on any atom is 2.00 e. The van der Waals surface area contributed by atoms with Crippen molar-refractivity contribution in [1.82, 2.24) is 0 Å². The van der Waals surface area contributed by atoms with E-state index >= 15 is 0 Å². The van der Waals surface area contributed by atoms with Gasteiger partial charge in [-0.25, -0.2) is 0 Å². The number of rotatable bonds is 0. The first-order chi connectivity index (χ1) is 9.20. The van der Waals surface area contributed by atoms with Crippen molar-refractivity contribution in [2.24, 2.45) is 34.4 Å². The summed E-state index contributed by atoms with van der Waals surface area (Å²) in [6, 6.07) is 0. The topological polar surface area (TPSA) is 589 Å². The molecule has 0 fully saturated rings. The van der Waals surface area contributed by atoms with E-state index in [-0.39, 0.29) is 120 Å². The molecule has 0 saturated heterocycles. The molecule has 0 rings (SSSR count). The summed E-state index contributed by atoms with van der Waals surface area (Å²) in [4.78, 5) is 51.3. The van der Waals surface area contributed by atoms with Crippen LogP contribution >= 0.6 is 15.6 Å². The zero-order valence-corrected chi connectivity index (χ0v) is 21.8. The van der Waals surface area contributed by atoms with Gasteiger partial charge in [-0.3, -0.25) is 16.2 Å². The van der Waals surface area contributed by atoms with E-state index in [1.165, 1.54) is 0 Å². The molecule has 0 radical (unpaired) electrons. The smallest absolute Gasteiger partial charge is 0.822 e. The summed E-state index contributed by atoms with van der Waals surface area (Å²) in [5, 5.41) is 18.2. The molecule has 184 valence electrons. The molecule has 0 aromatic carbocycles. The van der Waals surface area contributed by atoms with Crippen LogP contribution in [0.3, 0.4) is 0 Å². The molecule has 0 spiro atoms. The number of hydrogen-bond acceptors (Lipinski definition) is 11. The first-order valence-electron chi connectivity index (χ1n) is 3.94. The Morgan fingerprint density at radius 3 is 0.452 bits per heavy atom. The maximum atomic E-state index is 8.55. The van der Waals surface area contributed by atoms with Crippen LogP contribution in [0.1, 0.15) is 0 Å². The van der Waals surface area contributed by atoms with E-state index < -0.39 is 15.6 Å². The summed E-state index contributed by atoms with van der Waals surface area (Å²) in [6.07, 6.45) is 0. The molecule has 0 heterocycles. The van der Waals surface area contributed by atoms with Crippen LogP contribution < -0.4 is 63.8 Å². The largest absolute Gasteiger partial charge is 2.00 e. The van der Waals surface area contributed by atoms with Crippen LogP contribution in [0.25, 0.3) is 0 Å². The van der Waals surface area contributed by atoms with Gasteiger partial charge in [0.05, 0.1) is 0 Å². The van der Waals surface area contributed by atoms with Crippen molar-refractivity contribution in [2.75, 3.05) is 0 Å². The Labute approximate surface area is 223 Å². The summed E-state index contributed by atoms with van der Waals surface area (Å²) >= 11 is 0. The van der Waals surface area contributed by atoms with Crippen LogP contribution in [0.2, 0.25) is 0 Å². The molecule has 0 saturated carbocycles. The van der Waals surface area contributed by atoms with Gasteiger partial charge in [-0.1, -0.05) is 0 Å². The molecule has 0 aliphatic rings. The Hall–Kier alpha value is 0.0887. The summed E-state index contributed by atoms with van der Waals surface area (Å²) in [5.74, 6) is -1.000. The number of phosphoric acid groups is 2. The van der Waals surface area contributed by atoms with Crippen LogP contribution in [-0.4, -0.2) is 120 Å². The first kappa shape index (κ1) is 96.4. The summed E-state index contributed by atoms with van der Waals surface area (Å²) in [7, 11) is -10.8. The van der Waals surface area contributed by atoms with E-state index in [4.69, 9.17) is 54.7 Å². The third kappa shape index (κ3) is 3020000. The van der Waals surface area contributed by atoms with Gasteiger partial charge in [0.1, 0.15) is 0 Å². The molecule has 0 aliphatic carbocycles. The Bertz CT molecular complexity index is 346. The molecule has 23 nitrogen and oxygen atoms in total. The van der Waals surface area contributed by atoms with Crippen molar-refractivity contribution < 1.29 is 71.3 Å². The maximum absolute atomic E-state index is 8.55. The molecule has 0 aromatic rings. The molecular weight excluding hydrogens is 521 g/mol. The van der Waals surface area contributed by atoms with Gasteiger partial charge in [0.25, 0.3) is 0 Å². The van der Waals surface area contributed by atoms with Gasteiger partial charge >= 0.3 is 69.2 Å². The monoisotopic (exact) mass is 547 g/mol. The van der Waals surface area contributed by atoms with Crippen molar-refractivity contribution in [1.29, 1.82) is 16.2 Å². The van der Waals surface area contributed by atoms with Crippen LogP contribution in [0.15, 0.2) is 0 Å². The second-order valence-corrected chi connectivity index (χ2v) is 4.05. The summed E-state index contributed by atoms with van der Waals surface area (Å²) in [5.41, 5.74) is 26.8. The molecule has 0 aromatic heterocycles. The number of hydrogen-bond donors (Lipinski definition) is 9. The first-order valence-corrected chi connectivity index (χ1v) is 6.86. The van der Waals surface area contributed by atoms with Crippen molar-refractivity contribution in [3.8, 4) is 0 Å². The van der Waals surface area contributed by atoms with Crippen LogP contribution in [0, 0.1) is 16.2 Å². The average Bonchev–Trinajstić information content (AvgIpc) is 1.88. The minimum atomic E-state index is -5.39. The van der Waals surface area contributed by atoms with Gasteiger partial charge in [0.15, 0.2) is 17.9 Å². The minimum Gasteiger partial charge on any atom is -0.822 e. The fourth-order valence-electron chi connectivity index (χ4n) is 0. The number of nitrogens with two attached hydrogens (primary N) is 6. The molecule has 31 heavy (non-hydrogen) atoms. The van der Waals surface area contributed by atoms with Crippen LogP contribution in [-0.2, 0) is 9.13 Å². The van der Waals surface area contributed by atoms with E-state index in [9.17, 15) is 0 Å². The summed E-state index contributed by atoms with van der Waals surface area (Å²) in [6.45, 7) is 0. The van der Waals surface area contributed by atoms with E-state index in [0.29, 0.717) is 0 Å². The van der Waals surface area contributed by atoms with Gasteiger partial charge in [-0.05, 0) is 0 Å². The fourth-order valence-corrected chi connectivity index (χ4v) is 0. The van der Waals surface area contributed by atoms with E-state index in [1.807, 2.05) is 0 Å². The van der Waals surface area contributed by atoms with Gasteiger partial charge in [0, 0.05) is 0 Å². The predicted octanol–water partition coefficient (Wildman–Crippen LogP) is -15.2. The third-order valence-electron chi connectivity index (χ3n) is 0. The molecule has 27 N–H and O–H groups in total. The standard InChI is InChI=1S/3CH5N3.3Mg.2H3O4P.6H2O/c3*2-1(3)4;;;;2*1-5(2,3)4;;;;;;/h3*(H5,2,3,4);;;;2*(H3,1,2,3,4);6*1H2/q;;;3*+2;;;;;;;;/p-6. The Kier molecular flexibility index (Phi) is 178. The average molecular weight is 548 g/mol. The van der Waals surface area contributed by atoms with Crippen molar-refractivity contribution in [3.05, 3.63) is 0 Å². The second-order valence-electron chi connectivity index (χ2n) is 2.26. The Morgan fingerprint density at radius 1 is 0.452 bits per heavy atom. The van der Waals surface area contributed by atoms with Crippen molar-refractivity contribution in [2.45, 2.75) is 0 Å². The molecule has 0 amide bonds. The van der Waals surface area contributed by atoms with Gasteiger partial charge in [-0.2, -0.15) is 15.6 Å². The third-order valence-corrected chi connectivity index (χ3v) is 0. The SMILES string of the molecule is N=C(N)N.N=C(N)N.N=C(N)N.O.O.O.O.O.O.O=P([O-])([O-])[O-].O=P([O-])([O-])[O-].[Mg+2].[Mg+2].[Mg+2]. The predicted molar refractivity (Wildman–Crippen MR) is 102 cm³/mol. The second kappa shape index (κ2) is 57.2. The molecule has 0 atom stereocenters. The molecule has 28 heteroatoms. The number of nitrogens with one attached hydrogen (secondary N) is 3. The Morgan fingerprint density at radius 2 is 0.452 bits per heavy atom. The molecule has 0 aliphatic heterocycles. The van der Waals surface area contributed by atoms with E-state index in [2.05, 4.69) is 34.4 Å². The van der Waals surface area contributed by atoms with Gasteiger partial charge in [0.2, 0.25) is 0 Å². The van der Waals surface area contributed by atoms with E-state index in [0.717, 1.165) is 0 Å².